The lowest BCUT2D eigenvalue weighted by Gasteiger charge is -2.23. The van der Waals surface area contributed by atoms with Crippen molar-refractivity contribution in [3.8, 4) is 0 Å². The summed E-state index contributed by atoms with van der Waals surface area (Å²) in [6.45, 7) is 1.76. The van der Waals surface area contributed by atoms with Crippen LogP contribution >= 0.6 is 22.9 Å². The lowest BCUT2D eigenvalue weighted by atomic mass is 9.82. The van der Waals surface area contributed by atoms with Crippen LogP contribution in [0.25, 0.3) is 0 Å². The van der Waals surface area contributed by atoms with E-state index in [0.29, 0.717) is 11.4 Å². The molecular formula is C14H13ClO2S. The number of carboxylic acid groups (broad SMARTS) is 1. The molecule has 1 heterocycles. The minimum absolute atomic E-state index is 0.458. The van der Waals surface area contributed by atoms with Crippen LogP contribution < -0.4 is 0 Å². The molecule has 0 amide bonds. The van der Waals surface area contributed by atoms with Crippen LogP contribution in [-0.2, 0) is 16.6 Å². The van der Waals surface area contributed by atoms with Gasteiger partial charge in [0.25, 0.3) is 0 Å². The van der Waals surface area contributed by atoms with E-state index in [1.165, 1.54) is 11.3 Å². The molecule has 0 aliphatic rings. The van der Waals surface area contributed by atoms with Crippen molar-refractivity contribution in [1.29, 1.82) is 0 Å². The third-order valence-electron chi connectivity index (χ3n) is 3.01. The van der Waals surface area contributed by atoms with Gasteiger partial charge in [-0.2, -0.15) is 0 Å². The summed E-state index contributed by atoms with van der Waals surface area (Å²) in [6, 6.07) is 11.1. The number of carboxylic acids is 1. The lowest BCUT2D eigenvalue weighted by molar-refractivity contribution is -0.143. The number of halogens is 1. The zero-order valence-electron chi connectivity index (χ0n) is 9.89. The summed E-state index contributed by atoms with van der Waals surface area (Å²) in [5.74, 6) is -0.806. The highest BCUT2D eigenvalue weighted by Crippen LogP contribution is 2.32. The topological polar surface area (TPSA) is 37.3 Å². The normalized spacial score (nSPS) is 14.1. The van der Waals surface area contributed by atoms with E-state index in [-0.39, 0.29) is 0 Å². The molecule has 18 heavy (non-hydrogen) atoms. The standard InChI is InChI=1S/C14H13ClO2S/c1-14(13(16)17,12-3-2-8-18-12)9-10-4-6-11(15)7-5-10/h2-8H,9H2,1H3,(H,16,17). The third kappa shape index (κ3) is 2.57. The molecule has 0 fully saturated rings. The molecule has 4 heteroatoms. The zero-order chi connectivity index (χ0) is 13.2. The predicted octanol–water partition coefficient (Wildman–Crippen LogP) is 3.99. The Kier molecular flexibility index (Phi) is 3.73. The maximum Gasteiger partial charge on any atom is 0.315 e. The Morgan fingerprint density at radius 1 is 1.33 bits per heavy atom. The molecule has 2 aromatic rings. The highest BCUT2D eigenvalue weighted by Gasteiger charge is 2.36. The van der Waals surface area contributed by atoms with Gasteiger partial charge in [0.1, 0.15) is 5.41 Å². The Labute approximate surface area is 115 Å². The van der Waals surface area contributed by atoms with Gasteiger partial charge in [-0.25, -0.2) is 0 Å². The first kappa shape index (κ1) is 13.1. The van der Waals surface area contributed by atoms with Crippen molar-refractivity contribution in [2.24, 2.45) is 0 Å². The summed E-state index contributed by atoms with van der Waals surface area (Å²) in [5, 5.41) is 12.1. The fraction of sp³-hybridized carbons (Fsp3) is 0.214. The monoisotopic (exact) mass is 280 g/mol. The molecule has 0 saturated carbocycles. The number of benzene rings is 1. The second-order valence-corrected chi connectivity index (χ2v) is 5.80. The average molecular weight is 281 g/mol. The predicted molar refractivity (Wildman–Crippen MR) is 74.5 cm³/mol. The smallest absolute Gasteiger partial charge is 0.315 e. The Hall–Kier alpha value is -1.32. The minimum Gasteiger partial charge on any atom is -0.481 e. The molecule has 2 rings (SSSR count). The van der Waals surface area contributed by atoms with Crippen molar-refractivity contribution in [2.45, 2.75) is 18.8 Å². The molecule has 1 aromatic heterocycles. The van der Waals surface area contributed by atoms with Gasteiger partial charge in [0.15, 0.2) is 0 Å². The maximum atomic E-state index is 11.6. The summed E-state index contributed by atoms with van der Waals surface area (Å²) in [7, 11) is 0. The van der Waals surface area contributed by atoms with Crippen LogP contribution in [0.2, 0.25) is 5.02 Å². The van der Waals surface area contributed by atoms with E-state index in [1.807, 2.05) is 29.6 Å². The highest BCUT2D eigenvalue weighted by molar-refractivity contribution is 7.10. The summed E-state index contributed by atoms with van der Waals surface area (Å²) in [6.07, 6.45) is 0.458. The number of aliphatic carboxylic acids is 1. The van der Waals surface area contributed by atoms with E-state index in [2.05, 4.69) is 0 Å². The van der Waals surface area contributed by atoms with Gasteiger partial charge >= 0.3 is 5.97 Å². The second kappa shape index (κ2) is 5.12. The number of carbonyl (C=O) groups is 1. The fourth-order valence-corrected chi connectivity index (χ4v) is 2.88. The number of hydrogen-bond acceptors (Lipinski definition) is 2. The maximum absolute atomic E-state index is 11.6. The first-order valence-corrected chi connectivity index (χ1v) is 6.80. The summed E-state index contributed by atoms with van der Waals surface area (Å²) >= 11 is 7.30. The van der Waals surface area contributed by atoms with Gasteiger partial charge in [-0.3, -0.25) is 4.79 Å². The van der Waals surface area contributed by atoms with E-state index >= 15 is 0 Å². The van der Waals surface area contributed by atoms with Gasteiger partial charge in [-0.1, -0.05) is 29.8 Å². The van der Waals surface area contributed by atoms with E-state index in [1.54, 1.807) is 19.1 Å². The van der Waals surface area contributed by atoms with Crippen LogP contribution in [0.4, 0.5) is 0 Å². The molecule has 0 radical (unpaired) electrons. The van der Waals surface area contributed by atoms with Gasteiger partial charge < -0.3 is 5.11 Å². The second-order valence-electron chi connectivity index (χ2n) is 4.42. The SMILES string of the molecule is CC(Cc1ccc(Cl)cc1)(C(=O)O)c1cccs1. The van der Waals surface area contributed by atoms with Crippen LogP contribution in [-0.4, -0.2) is 11.1 Å². The average Bonchev–Trinajstić information content (AvgIpc) is 2.86. The molecule has 1 aromatic carbocycles. The zero-order valence-corrected chi connectivity index (χ0v) is 11.5. The summed E-state index contributed by atoms with van der Waals surface area (Å²) in [5.41, 5.74) is 0.0832. The summed E-state index contributed by atoms with van der Waals surface area (Å²) < 4.78 is 0. The first-order valence-electron chi connectivity index (χ1n) is 5.54. The molecule has 0 bridgehead atoms. The third-order valence-corrected chi connectivity index (χ3v) is 4.39. The van der Waals surface area contributed by atoms with Gasteiger partial charge in [0, 0.05) is 9.90 Å². The van der Waals surface area contributed by atoms with Crippen molar-refractivity contribution in [1.82, 2.24) is 0 Å². The molecule has 0 spiro atoms. The Balaban J connectivity index is 2.32. The molecule has 1 N–H and O–H groups in total. The van der Waals surface area contributed by atoms with Gasteiger partial charge in [-0.15, -0.1) is 11.3 Å². The van der Waals surface area contributed by atoms with Crippen molar-refractivity contribution in [3.05, 3.63) is 57.2 Å². The Morgan fingerprint density at radius 3 is 2.50 bits per heavy atom. The first-order chi connectivity index (χ1) is 8.52. The van der Waals surface area contributed by atoms with E-state index < -0.39 is 11.4 Å². The van der Waals surface area contributed by atoms with Crippen LogP contribution in [0.5, 0.6) is 0 Å². The highest BCUT2D eigenvalue weighted by atomic mass is 35.5. The molecule has 1 unspecified atom stereocenters. The quantitative estimate of drug-likeness (QED) is 0.919. The van der Waals surface area contributed by atoms with Crippen molar-refractivity contribution in [2.75, 3.05) is 0 Å². The van der Waals surface area contributed by atoms with E-state index in [0.717, 1.165) is 10.4 Å². The van der Waals surface area contributed by atoms with E-state index in [9.17, 15) is 9.90 Å². The molecular weight excluding hydrogens is 268 g/mol. The molecule has 2 nitrogen and oxygen atoms in total. The fourth-order valence-electron chi connectivity index (χ4n) is 1.87. The molecule has 1 atom stereocenters. The van der Waals surface area contributed by atoms with Gasteiger partial charge in [0.05, 0.1) is 0 Å². The van der Waals surface area contributed by atoms with E-state index in [4.69, 9.17) is 11.6 Å². The molecule has 0 aliphatic carbocycles. The van der Waals surface area contributed by atoms with Crippen LogP contribution in [0.1, 0.15) is 17.4 Å². The van der Waals surface area contributed by atoms with Crippen molar-refractivity contribution < 1.29 is 9.90 Å². The molecule has 0 aliphatic heterocycles. The van der Waals surface area contributed by atoms with Gasteiger partial charge in [0.2, 0.25) is 0 Å². The lowest BCUT2D eigenvalue weighted by Crippen LogP contribution is -2.33. The van der Waals surface area contributed by atoms with Crippen molar-refractivity contribution in [3.63, 3.8) is 0 Å². The largest absolute Gasteiger partial charge is 0.481 e. The van der Waals surface area contributed by atoms with Crippen LogP contribution in [0.3, 0.4) is 0 Å². The Morgan fingerprint density at radius 2 is 2.00 bits per heavy atom. The molecule has 94 valence electrons. The number of hydrogen-bond donors (Lipinski definition) is 1. The van der Waals surface area contributed by atoms with Crippen LogP contribution in [0, 0.1) is 0 Å². The number of thiophene rings is 1. The van der Waals surface area contributed by atoms with Crippen molar-refractivity contribution >= 4 is 28.9 Å². The summed E-state index contributed by atoms with van der Waals surface area (Å²) in [4.78, 5) is 12.4. The molecule has 0 saturated heterocycles. The van der Waals surface area contributed by atoms with Gasteiger partial charge in [-0.05, 0) is 42.5 Å². The minimum atomic E-state index is -0.887. The Bertz CT molecular complexity index is 533. The van der Waals surface area contributed by atoms with Crippen LogP contribution in [0.15, 0.2) is 41.8 Å². The number of rotatable bonds is 4.